The second-order valence-corrected chi connectivity index (χ2v) is 7.84. The minimum absolute atomic E-state index is 0.242. The summed E-state index contributed by atoms with van der Waals surface area (Å²) in [5, 5.41) is 7.72. The number of nitrogens with zero attached hydrogens (tertiary/aromatic N) is 4. The van der Waals surface area contributed by atoms with Gasteiger partial charge in [-0.05, 0) is 42.9 Å². The number of rotatable bonds is 6. The summed E-state index contributed by atoms with van der Waals surface area (Å²) in [5.74, 6) is 1.32. The molecule has 0 radical (unpaired) electrons. The minimum Gasteiger partial charge on any atom is -0.350 e. The molecule has 0 atom stereocenters. The molecule has 0 bridgehead atoms. The van der Waals surface area contributed by atoms with E-state index in [4.69, 9.17) is 0 Å². The minimum atomic E-state index is -4.43. The van der Waals surface area contributed by atoms with Crippen molar-refractivity contribution >= 4 is 11.6 Å². The lowest BCUT2D eigenvalue weighted by atomic mass is 10.1. The highest BCUT2D eigenvalue weighted by Crippen LogP contribution is 2.35. The molecule has 0 spiro atoms. The van der Waals surface area contributed by atoms with Crippen LogP contribution in [-0.2, 0) is 19.1 Å². The van der Waals surface area contributed by atoms with Crippen molar-refractivity contribution in [2.24, 2.45) is 5.92 Å². The fourth-order valence-corrected chi connectivity index (χ4v) is 3.56. The van der Waals surface area contributed by atoms with E-state index in [0.29, 0.717) is 29.6 Å². The molecule has 2 aromatic heterocycles. The lowest BCUT2D eigenvalue weighted by molar-refractivity contribution is -0.137. The van der Waals surface area contributed by atoms with E-state index in [1.54, 1.807) is 16.8 Å². The SMILES string of the molecule is FC(F)(F)c1cccc(-c2nc(NCc3ccccc3)n3ncc(CC4CC4)c3n2)c1. The lowest BCUT2D eigenvalue weighted by Crippen LogP contribution is -2.10. The van der Waals surface area contributed by atoms with Crippen LogP contribution in [0.15, 0.2) is 60.8 Å². The predicted molar refractivity (Wildman–Crippen MR) is 111 cm³/mol. The molecule has 31 heavy (non-hydrogen) atoms. The van der Waals surface area contributed by atoms with Gasteiger partial charge in [-0.2, -0.15) is 27.8 Å². The summed E-state index contributed by atoms with van der Waals surface area (Å²) < 4.78 is 41.3. The summed E-state index contributed by atoms with van der Waals surface area (Å²) in [6.45, 7) is 0.507. The van der Waals surface area contributed by atoms with E-state index in [-0.39, 0.29) is 5.82 Å². The summed E-state index contributed by atoms with van der Waals surface area (Å²) in [6, 6.07) is 14.9. The van der Waals surface area contributed by atoms with Crippen LogP contribution in [0.5, 0.6) is 0 Å². The molecule has 8 heteroatoms. The van der Waals surface area contributed by atoms with Crippen LogP contribution < -0.4 is 5.32 Å². The highest BCUT2D eigenvalue weighted by Gasteiger charge is 2.31. The molecular weight excluding hydrogens is 403 g/mol. The van der Waals surface area contributed by atoms with Crippen molar-refractivity contribution in [3.8, 4) is 11.4 Å². The number of halogens is 3. The van der Waals surface area contributed by atoms with Crippen molar-refractivity contribution in [2.45, 2.75) is 32.0 Å². The van der Waals surface area contributed by atoms with Gasteiger partial charge < -0.3 is 5.32 Å². The third kappa shape index (κ3) is 4.23. The molecule has 1 aliphatic carbocycles. The van der Waals surface area contributed by atoms with Crippen molar-refractivity contribution in [2.75, 3.05) is 5.32 Å². The zero-order valence-electron chi connectivity index (χ0n) is 16.6. The fraction of sp³-hybridized carbons (Fsp3) is 0.261. The number of nitrogens with one attached hydrogen (secondary N) is 1. The Morgan fingerprint density at radius 2 is 1.81 bits per heavy atom. The zero-order chi connectivity index (χ0) is 21.4. The van der Waals surface area contributed by atoms with Crippen molar-refractivity contribution in [3.63, 3.8) is 0 Å². The highest BCUT2D eigenvalue weighted by atomic mass is 19.4. The third-order valence-electron chi connectivity index (χ3n) is 5.39. The largest absolute Gasteiger partial charge is 0.416 e. The van der Waals surface area contributed by atoms with Crippen LogP contribution in [0.1, 0.15) is 29.5 Å². The predicted octanol–water partition coefficient (Wildman–Crippen LogP) is 5.37. The van der Waals surface area contributed by atoms with Crippen molar-refractivity contribution in [3.05, 3.63) is 77.5 Å². The quantitative estimate of drug-likeness (QED) is 0.453. The number of hydrogen-bond acceptors (Lipinski definition) is 4. The topological polar surface area (TPSA) is 55.1 Å². The molecule has 0 amide bonds. The Kier molecular flexibility index (Phi) is 4.84. The van der Waals surface area contributed by atoms with Crippen LogP contribution in [0.25, 0.3) is 17.0 Å². The molecule has 1 saturated carbocycles. The average molecular weight is 423 g/mol. The third-order valence-corrected chi connectivity index (χ3v) is 5.39. The Labute approximate surface area is 177 Å². The Hall–Kier alpha value is -3.42. The first-order valence-corrected chi connectivity index (χ1v) is 10.2. The second kappa shape index (κ2) is 7.68. The number of hydrogen-bond donors (Lipinski definition) is 1. The molecule has 0 unspecified atom stereocenters. The molecule has 5 rings (SSSR count). The van der Waals surface area contributed by atoms with E-state index < -0.39 is 11.7 Å². The van der Waals surface area contributed by atoms with Crippen molar-refractivity contribution < 1.29 is 13.2 Å². The van der Waals surface area contributed by atoms with E-state index in [2.05, 4.69) is 20.4 Å². The van der Waals surface area contributed by atoms with Gasteiger partial charge in [-0.3, -0.25) is 0 Å². The fourth-order valence-electron chi connectivity index (χ4n) is 3.56. The maximum atomic E-state index is 13.2. The normalized spacial score (nSPS) is 14.2. The van der Waals surface area contributed by atoms with Gasteiger partial charge in [0.05, 0.1) is 11.8 Å². The number of anilines is 1. The van der Waals surface area contributed by atoms with E-state index in [1.165, 1.54) is 18.9 Å². The molecule has 1 aliphatic rings. The van der Waals surface area contributed by atoms with Crippen LogP contribution in [-0.4, -0.2) is 19.6 Å². The van der Waals surface area contributed by atoms with Gasteiger partial charge in [0.1, 0.15) is 0 Å². The first kappa shape index (κ1) is 19.5. The standard InChI is InChI=1S/C23H20F3N5/c24-23(25,26)19-8-4-7-17(12-19)20-29-21-18(11-15-9-10-15)14-28-31(21)22(30-20)27-13-16-5-2-1-3-6-16/h1-8,12,14-15H,9-11,13H2,(H,27,29,30). The average Bonchev–Trinajstić information content (AvgIpc) is 3.50. The lowest BCUT2D eigenvalue weighted by Gasteiger charge is -2.12. The second-order valence-electron chi connectivity index (χ2n) is 7.84. The summed E-state index contributed by atoms with van der Waals surface area (Å²) >= 11 is 0. The van der Waals surface area contributed by atoms with E-state index >= 15 is 0 Å². The van der Waals surface area contributed by atoms with Crippen molar-refractivity contribution in [1.82, 2.24) is 19.6 Å². The number of aromatic nitrogens is 4. The van der Waals surface area contributed by atoms with Gasteiger partial charge in [0.15, 0.2) is 11.5 Å². The Morgan fingerprint density at radius 1 is 1.00 bits per heavy atom. The van der Waals surface area contributed by atoms with Crippen LogP contribution in [0, 0.1) is 5.92 Å². The number of alkyl halides is 3. The number of fused-ring (bicyclic) bond motifs is 1. The molecule has 2 aromatic carbocycles. The van der Waals surface area contributed by atoms with Gasteiger partial charge in [0, 0.05) is 17.7 Å². The van der Waals surface area contributed by atoms with Crippen LogP contribution in [0.4, 0.5) is 19.1 Å². The molecule has 5 nitrogen and oxygen atoms in total. The Bertz CT molecular complexity index is 1210. The van der Waals surface area contributed by atoms with Gasteiger partial charge in [-0.25, -0.2) is 4.98 Å². The van der Waals surface area contributed by atoms with Gasteiger partial charge >= 0.3 is 6.18 Å². The van der Waals surface area contributed by atoms with E-state index in [9.17, 15) is 13.2 Å². The maximum absolute atomic E-state index is 13.2. The molecule has 1 N–H and O–H groups in total. The highest BCUT2D eigenvalue weighted by molar-refractivity contribution is 5.63. The monoisotopic (exact) mass is 423 g/mol. The van der Waals surface area contributed by atoms with Gasteiger partial charge in [0.2, 0.25) is 5.95 Å². The molecule has 1 fully saturated rings. The van der Waals surface area contributed by atoms with Gasteiger partial charge in [-0.1, -0.05) is 42.5 Å². The molecule has 158 valence electrons. The summed E-state index contributed by atoms with van der Waals surface area (Å²) in [6.07, 6.45) is 0.582. The summed E-state index contributed by atoms with van der Waals surface area (Å²) in [7, 11) is 0. The Morgan fingerprint density at radius 3 is 2.55 bits per heavy atom. The first-order chi connectivity index (χ1) is 15.0. The maximum Gasteiger partial charge on any atom is 0.416 e. The molecular formula is C23H20F3N5. The molecule has 0 aliphatic heterocycles. The molecule has 2 heterocycles. The van der Waals surface area contributed by atoms with Crippen LogP contribution >= 0.6 is 0 Å². The summed E-state index contributed by atoms with van der Waals surface area (Å²) in [4.78, 5) is 9.14. The molecule has 4 aromatic rings. The van der Waals surface area contributed by atoms with Gasteiger partial charge in [-0.15, -0.1) is 0 Å². The van der Waals surface area contributed by atoms with E-state index in [0.717, 1.165) is 29.7 Å². The van der Waals surface area contributed by atoms with Crippen molar-refractivity contribution in [1.29, 1.82) is 0 Å². The Balaban J connectivity index is 1.57. The smallest absolute Gasteiger partial charge is 0.350 e. The first-order valence-electron chi connectivity index (χ1n) is 10.2. The number of benzene rings is 2. The zero-order valence-corrected chi connectivity index (χ0v) is 16.6. The van der Waals surface area contributed by atoms with E-state index in [1.807, 2.05) is 30.3 Å². The van der Waals surface area contributed by atoms with Gasteiger partial charge in [0.25, 0.3) is 0 Å². The summed E-state index contributed by atoms with van der Waals surface area (Å²) in [5.41, 5.74) is 2.27. The van der Waals surface area contributed by atoms with Crippen LogP contribution in [0.2, 0.25) is 0 Å². The molecule has 0 saturated heterocycles. The van der Waals surface area contributed by atoms with Crippen LogP contribution in [0.3, 0.4) is 0 Å².